The van der Waals surface area contributed by atoms with Crippen LogP contribution in [0.1, 0.15) is 32.1 Å². The number of aliphatic carboxylic acids is 1. The Morgan fingerprint density at radius 2 is 2.25 bits per heavy atom. The topological polar surface area (TPSA) is 98.1 Å². The van der Waals surface area contributed by atoms with E-state index in [9.17, 15) is 4.79 Å². The zero-order chi connectivity index (χ0) is 11.8. The number of carboxylic acids is 1. The molecule has 0 radical (unpaired) electrons. The van der Waals surface area contributed by atoms with Crippen molar-refractivity contribution in [3.8, 4) is 0 Å². The van der Waals surface area contributed by atoms with Crippen LogP contribution in [0.5, 0.6) is 0 Å². The fraction of sp³-hybridized carbons (Fsp3) is 0.900. The third-order valence-corrected chi connectivity index (χ3v) is 3.00. The first-order valence-corrected chi connectivity index (χ1v) is 5.72. The number of hydrogen-bond acceptors (Lipinski definition) is 3. The number of carboxylic acid groups (broad SMARTS) is 1. The highest BCUT2D eigenvalue weighted by molar-refractivity contribution is 5.73. The van der Waals surface area contributed by atoms with Crippen LogP contribution in [-0.2, 0) is 4.79 Å². The average Bonchev–Trinajstić information content (AvgIpc) is 2.76. The van der Waals surface area contributed by atoms with E-state index in [4.69, 9.17) is 10.6 Å². The molecule has 0 amide bonds. The van der Waals surface area contributed by atoms with E-state index < -0.39 is 12.0 Å². The third-order valence-electron chi connectivity index (χ3n) is 3.00. The van der Waals surface area contributed by atoms with Crippen LogP contribution in [0, 0.1) is 5.92 Å². The van der Waals surface area contributed by atoms with E-state index >= 15 is 0 Å². The predicted octanol–water partition coefficient (Wildman–Crippen LogP) is 1.92. The van der Waals surface area contributed by atoms with E-state index in [1.165, 1.54) is 0 Å². The number of hydrogen-bond donors (Lipinski definition) is 2. The Kier molecular flexibility index (Phi) is 5.67. The first-order valence-electron chi connectivity index (χ1n) is 5.72. The molecule has 0 bridgehead atoms. The lowest BCUT2D eigenvalue weighted by Gasteiger charge is -2.20. The van der Waals surface area contributed by atoms with Crippen LogP contribution in [0.15, 0.2) is 5.11 Å². The summed E-state index contributed by atoms with van der Waals surface area (Å²) in [6, 6.07) is -0.437. The number of nitrogens with zero attached hydrogens (tertiary/aromatic N) is 3. The summed E-state index contributed by atoms with van der Waals surface area (Å²) in [5, 5.41) is 15.5. The van der Waals surface area contributed by atoms with E-state index in [1.807, 2.05) is 0 Å². The molecule has 1 rings (SSSR count). The molecule has 0 aliphatic heterocycles. The van der Waals surface area contributed by atoms with Crippen molar-refractivity contribution in [2.45, 2.75) is 38.1 Å². The van der Waals surface area contributed by atoms with E-state index in [-0.39, 0.29) is 5.92 Å². The van der Waals surface area contributed by atoms with Crippen LogP contribution in [-0.4, -0.2) is 30.2 Å². The highest BCUT2D eigenvalue weighted by Crippen LogP contribution is 2.27. The second kappa shape index (κ2) is 7.09. The van der Waals surface area contributed by atoms with Crippen molar-refractivity contribution < 1.29 is 9.90 Å². The van der Waals surface area contributed by atoms with Crippen molar-refractivity contribution in [2.24, 2.45) is 11.0 Å². The number of nitrogens with one attached hydrogen (secondary N) is 1. The Bertz CT molecular complexity index is 270. The molecule has 0 aromatic heterocycles. The highest BCUT2D eigenvalue weighted by Gasteiger charge is 2.29. The smallest absolute Gasteiger partial charge is 0.320 e. The minimum atomic E-state index is -0.768. The second-order valence-corrected chi connectivity index (χ2v) is 4.12. The minimum Gasteiger partial charge on any atom is -0.480 e. The summed E-state index contributed by atoms with van der Waals surface area (Å²) >= 11 is 0. The summed E-state index contributed by atoms with van der Waals surface area (Å²) in [5.41, 5.74) is 8.08. The van der Waals surface area contributed by atoms with Gasteiger partial charge in [0.1, 0.15) is 6.04 Å². The Balaban J connectivity index is 2.27. The third kappa shape index (κ3) is 4.08. The molecule has 1 saturated carbocycles. The molecule has 1 unspecified atom stereocenters. The van der Waals surface area contributed by atoms with Gasteiger partial charge in [-0.25, -0.2) is 0 Å². The molecular weight excluding hydrogens is 208 g/mol. The zero-order valence-corrected chi connectivity index (χ0v) is 9.30. The van der Waals surface area contributed by atoms with Crippen LogP contribution in [0.3, 0.4) is 0 Å². The van der Waals surface area contributed by atoms with Gasteiger partial charge in [0.2, 0.25) is 0 Å². The Labute approximate surface area is 94.7 Å². The van der Waals surface area contributed by atoms with E-state index in [2.05, 4.69) is 15.3 Å². The van der Waals surface area contributed by atoms with Gasteiger partial charge in [0.05, 0.1) is 0 Å². The van der Waals surface area contributed by atoms with Gasteiger partial charge in [-0.1, -0.05) is 18.0 Å². The van der Waals surface area contributed by atoms with E-state index in [1.54, 1.807) is 0 Å². The maximum Gasteiger partial charge on any atom is 0.320 e. The van der Waals surface area contributed by atoms with Gasteiger partial charge in [-0.05, 0) is 37.3 Å². The van der Waals surface area contributed by atoms with Crippen molar-refractivity contribution in [3.63, 3.8) is 0 Å². The summed E-state index contributed by atoms with van der Waals surface area (Å²) in [7, 11) is 0. The molecule has 2 N–H and O–H groups in total. The Morgan fingerprint density at radius 1 is 1.56 bits per heavy atom. The minimum absolute atomic E-state index is 0.261. The SMILES string of the molecule is [N-]=[N+]=NCCCNC(C(=O)O)C1CCCC1. The van der Waals surface area contributed by atoms with Crippen molar-refractivity contribution in [2.75, 3.05) is 13.1 Å². The monoisotopic (exact) mass is 226 g/mol. The van der Waals surface area contributed by atoms with Crippen molar-refractivity contribution >= 4 is 5.97 Å². The van der Waals surface area contributed by atoms with Crippen LogP contribution in [0.4, 0.5) is 0 Å². The Hall–Kier alpha value is -1.26. The van der Waals surface area contributed by atoms with Gasteiger partial charge in [-0.2, -0.15) is 0 Å². The largest absolute Gasteiger partial charge is 0.480 e. The Morgan fingerprint density at radius 3 is 2.81 bits per heavy atom. The van der Waals surface area contributed by atoms with Gasteiger partial charge in [-0.3, -0.25) is 4.79 Å². The fourth-order valence-electron chi connectivity index (χ4n) is 2.20. The normalized spacial score (nSPS) is 18.0. The van der Waals surface area contributed by atoms with Crippen LogP contribution in [0.2, 0.25) is 0 Å². The first-order chi connectivity index (χ1) is 7.75. The molecule has 1 atom stereocenters. The predicted molar refractivity (Wildman–Crippen MR) is 60.0 cm³/mol. The van der Waals surface area contributed by atoms with Crippen LogP contribution < -0.4 is 5.32 Å². The molecule has 0 aromatic carbocycles. The lowest BCUT2D eigenvalue weighted by molar-refractivity contribution is -0.140. The van der Waals surface area contributed by atoms with Crippen LogP contribution >= 0.6 is 0 Å². The molecular formula is C10H18N4O2. The standard InChI is InChI=1S/C10H18N4O2/c11-14-13-7-3-6-12-9(10(15)16)8-4-1-2-5-8/h8-9,12H,1-7H2,(H,15,16). The molecule has 6 heteroatoms. The molecule has 6 nitrogen and oxygen atoms in total. The maximum atomic E-state index is 11.1. The maximum absolute atomic E-state index is 11.1. The molecule has 0 spiro atoms. The van der Waals surface area contributed by atoms with Crippen molar-refractivity contribution in [3.05, 3.63) is 10.4 Å². The van der Waals surface area contributed by atoms with Crippen molar-refractivity contribution in [1.29, 1.82) is 0 Å². The molecule has 90 valence electrons. The molecule has 1 aliphatic carbocycles. The molecule has 0 aromatic rings. The quantitative estimate of drug-likeness (QED) is 0.300. The summed E-state index contributed by atoms with van der Waals surface area (Å²) in [6.07, 6.45) is 4.95. The molecule has 1 aliphatic rings. The fourth-order valence-corrected chi connectivity index (χ4v) is 2.20. The number of carbonyl (C=O) groups is 1. The van der Waals surface area contributed by atoms with E-state index in [0.717, 1.165) is 25.7 Å². The molecule has 0 heterocycles. The molecule has 1 fully saturated rings. The van der Waals surface area contributed by atoms with Gasteiger partial charge in [-0.15, -0.1) is 0 Å². The zero-order valence-electron chi connectivity index (χ0n) is 9.30. The first kappa shape index (κ1) is 12.8. The summed E-state index contributed by atoms with van der Waals surface area (Å²) < 4.78 is 0. The lowest BCUT2D eigenvalue weighted by atomic mass is 9.98. The highest BCUT2D eigenvalue weighted by atomic mass is 16.4. The number of azide groups is 1. The molecule has 0 saturated heterocycles. The van der Waals surface area contributed by atoms with Gasteiger partial charge in [0.15, 0.2) is 0 Å². The average molecular weight is 226 g/mol. The van der Waals surface area contributed by atoms with Gasteiger partial charge >= 0.3 is 5.97 Å². The van der Waals surface area contributed by atoms with Gasteiger partial charge in [0.25, 0.3) is 0 Å². The summed E-state index contributed by atoms with van der Waals surface area (Å²) in [5.74, 6) is -0.507. The van der Waals surface area contributed by atoms with Crippen molar-refractivity contribution in [1.82, 2.24) is 5.32 Å². The van der Waals surface area contributed by atoms with Gasteiger partial charge < -0.3 is 10.4 Å². The summed E-state index contributed by atoms with van der Waals surface area (Å²) in [4.78, 5) is 13.7. The lowest BCUT2D eigenvalue weighted by Crippen LogP contribution is -2.42. The summed E-state index contributed by atoms with van der Waals surface area (Å²) in [6.45, 7) is 1.01. The second-order valence-electron chi connectivity index (χ2n) is 4.12. The molecule has 16 heavy (non-hydrogen) atoms. The van der Waals surface area contributed by atoms with E-state index in [0.29, 0.717) is 19.5 Å². The van der Waals surface area contributed by atoms with Gasteiger partial charge in [0, 0.05) is 11.5 Å². The van der Waals surface area contributed by atoms with Crippen LogP contribution in [0.25, 0.3) is 10.4 Å². The number of rotatable bonds is 7.